The summed E-state index contributed by atoms with van der Waals surface area (Å²) in [5.41, 5.74) is 0. The Morgan fingerprint density at radius 3 is 1.22 bits per heavy atom. The molecule has 0 rings (SSSR count). The second kappa shape index (κ2) is 7.27. The molecule has 0 bridgehead atoms. The molecule has 0 atom stereocenters. The molecule has 0 aromatic heterocycles. The van der Waals surface area contributed by atoms with Crippen LogP contribution in [-0.4, -0.2) is 9.67 Å². The van der Waals surface area contributed by atoms with Gasteiger partial charge in [-0.2, -0.15) is 0 Å². The van der Waals surface area contributed by atoms with Crippen LogP contribution in [-0.2, 0) is 0 Å². The second-order valence-electron chi connectivity index (χ2n) is 1.46. The van der Waals surface area contributed by atoms with Crippen LogP contribution in [0, 0.1) is 0 Å². The zero-order valence-corrected chi connectivity index (χ0v) is 8.45. The molecule has 0 amide bonds. The first-order valence-corrected chi connectivity index (χ1v) is 4.27. The number of halogens is 4. The highest BCUT2D eigenvalue weighted by Crippen LogP contribution is 2.26. The van der Waals surface area contributed by atoms with Crippen molar-refractivity contribution in [2.75, 3.05) is 5.88 Å². The van der Waals surface area contributed by atoms with Gasteiger partial charge >= 0.3 is 0 Å². The van der Waals surface area contributed by atoms with E-state index in [1.165, 1.54) is 6.42 Å². The van der Waals surface area contributed by atoms with Gasteiger partial charge in [-0.3, -0.25) is 0 Å². The van der Waals surface area contributed by atoms with E-state index in [4.69, 9.17) is 46.4 Å². The van der Waals surface area contributed by atoms with Crippen molar-refractivity contribution in [3.05, 3.63) is 0 Å². The van der Waals surface area contributed by atoms with Crippen LogP contribution < -0.4 is 0 Å². The van der Waals surface area contributed by atoms with Crippen molar-refractivity contribution in [3.8, 4) is 0 Å². The molecule has 0 aromatic carbocycles. The lowest BCUT2D eigenvalue weighted by Crippen LogP contribution is -2.01. The highest BCUT2D eigenvalue weighted by Gasteiger charge is 2.16. The van der Waals surface area contributed by atoms with Gasteiger partial charge in [0.15, 0.2) is 0 Å². The lowest BCUT2D eigenvalue weighted by molar-refractivity contribution is 1.09. The molecule has 0 saturated heterocycles. The lowest BCUT2D eigenvalue weighted by atomic mass is 10.6. The Morgan fingerprint density at radius 1 is 1.11 bits per heavy atom. The third kappa shape index (κ3) is 27.1. The molecule has 4 heteroatoms. The lowest BCUT2D eigenvalue weighted by Gasteiger charge is -2.00. The van der Waals surface area contributed by atoms with Crippen LogP contribution in [0.3, 0.4) is 0 Å². The number of hydrogen-bond acceptors (Lipinski definition) is 0. The van der Waals surface area contributed by atoms with Crippen molar-refractivity contribution in [1.82, 2.24) is 0 Å². The minimum absolute atomic E-state index is 0.0394. The molecule has 0 nitrogen and oxygen atoms in total. The minimum Gasteiger partial charge on any atom is -0.122 e. The van der Waals surface area contributed by atoms with Crippen LogP contribution in [0.2, 0.25) is 0 Å². The Kier molecular flexibility index (Phi) is 10.3. The van der Waals surface area contributed by atoms with E-state index in [0.29, 0.717) is 0 Å². The molecule has 0 fully saturated rings. The smallest absolute Gasteiger partial charge is 0.122 e. The summed E-state index contributed by atoms with van der Waals surface area (Å²) in [6.07, 6.45) is 1.25. The Labute approximate surface area is 76.4 Å². The van der Waals surface area contributed by atoms with Gasteiger partial charge in [-0.1, -0.05) is 55.1 Å². The maximum atomic E-state index is 5.12. The zero-order chi connectivity index (χ0) is 7.91. The van der Waals surface area contributed by atoms with Gasteiger partial charge in [0.1, 0.15) is 0 Å². The van der Waals surface area contributed by atoms with E-state index in [1.807, 2.05) is 0 Å². The Balaban J connectivity index is 0. The van der Waals surface area contributed by atoms with Crippen LogP contribution in [0.1, 0.15) is 20.3 Å². The molecule has 0 saturated carbocycles. The van der Waals surface area contributed by atoms with Gasteiger partial charge in [-0.25, -0.2) is 0 Å². The predicted octanol–water partition coefficient (Wildman–Crippen LogP) is 4.01. The Bertz CT molecular complexity index is 47.4. The molecule has 0 aliphatic heterocycles. The molecule has 0 unspecified atom stereocenters. The van der Waals surface area contributed by atoms with Crippen molar-refractivity contribution in [2.24, 2.45) is 0 Å². The first-order valence-electron chi connectivity index (χ1n) is 2.60. The third-order valence-corrected chi connectivity index (χ3v) is 1.36. The van der Waals surface area contributed by atoms with E-state index in [9.17, 15) is 0 Å². The summed E-state index contributed by atoms with van der Waals surface area (Å²) in [7, 11) is 0. The summed E-state index contributed by atoms with van der Waals surface area (Å²) in [4.78, 5) is 0. The van der Waals surface area contributed by atoms with Crippen LogP contribution in [0.5, 0.6) is 0 Å². The molecular weight excluding hydrogens is 202 g/mol. The first-order chi connectivity index (χ1) is 3.97. The molecule has 0 heterocycles. The SMILES string of the molecule is CCC.ClCC(Cl)(Cl)Cl. The molecule has 0 N–H and O–H groups in total. The molecule has 0 spiro atoms. The summed E-state index contributed by atoms with van der Waals surface area (Å²) in [6.45, 7) is 4.25. The quantitative estimate of drug-likeness (QED) is 0.532. The standard InChI is InChI=1S/C3H8.C2H2Cl4/c1-3-2;3-1-2(4,5)6/h3H2,1-2H3;1H2. The average molecular weight is 212 g/mol. The van der Waals surface area contributed by atoms with Crippen LogP contribution in [0.15, 0.2) is 0 Å². The average Bonchev–Trinajstić information content (AvgIpc) is 1.67. The highest BCUT2D eigenvalue weighted by molar-refractivity contribution is 6.69. The van der Waals surface area contributed by atoms with Gasteiger partial charge < -0.3 is 0 Å². The summed E-state index contributed by atoms with van der Waals surface area (Å²) in [5, 5.41) is 0. The predicted molar refractivity (Wildman–Crippen MR) is 47.0 cm³/mol. The Morgan fingerprint density at radius 2 is 1.22 bits per heavy atom. The van der Waals surface area contributed by atoms with Gasteiger partial charge in [-0.15, -0.1) is 11.6 Å². The van der Waals surface area contributed by atoms with Gasteiger partial charge in [0.05, 0.1) is 5.88 Å². The van der Waals surface area contributed by atoms with Crippen molar-refractivity contribution in [2.45, 2.75) is 24.1 Å². The van der Waals surface area contributed by atoms with E-state index >= 15 is 0 Å². The fourth-order valence-corrected chi connectivity index (χ4v) is 0. The molecule has 9 heavy (non-hydrogen) atoms. The first kappa shape index (κ1) is 12.8. The number of hydrogen-bond donors (Lipinski definition) is 0. The van der Waals surface area contributed by atoms with E-state index < -0.39 is 3.79 Å². The van der Waals surface area contributed by atoms with Gasteiger partial charge in [0.2, 0.25) is 3.79 Å². The zero-order valence-electron chi connectivity index (χ0n) is 5.43. The van der Waals surface area contributed by atoms with Gasteiger partial charge in [0.25, 0.3) is 0 Å². The van der Waals surface area contributed by atoms with Crippen LogP contribution in [0.25, 0.3) is 0 Å². The fourth-order valence-electron chi connectivity index (χ4n) is 0. The normalized spacial score (nSPS) is 10.0. The van der Waals surface area contributed by atoms with E-state index in [1.54, 1.807) is 0 Å². The maximum absolute atomic E-state index is 5.12. The summed E-state index contributed by atoms with van der Waals surface area (Å²) >= 11 is 20.4. The van der Waals surface area contributed by atoms with E-state index in [-0.39, 0.29) is 5.88 Å². The second-order valence-corrected chi connectivity index (χ2v) is 4.24. The number of alkyl halides is 4. The summed E-state index contributed by atoms with van der Waals surface area (Å²) in [5.74, 6) is 0.0394. The monoisotopic (exact) mass is 210 g/mol. The minimum atomic E-state index is -1.28. The summed E-state index contributed by atoms with van der Waals surface area (Å²) < 4.78 is -1.28. The molecular formula is C5H10Cl4. The molecule has 0 aromatic rings. The largest absolute Gasteiger partial charge is 0.203 e. The fraction of sp³-hybridized carbons (Fsp3) is 1.00. The Hall–Kier alpha value is 1.16. The van der Waals surface area contributed by atoms with E-state index in [2.05, 4.69) is 13.8 Å². The molecule has 58 valence electrons. The molecule has 0 aliphatic rings. The summed E-state index contributed by atoms with van der Waals surface area (Å²) in [6, 6.07) is 0. The van der Waals surface area contributed by atoms with Crippen molar-refractivity contribution in [1.29, 1.82) is 0 Å². The van der Waals surface area contributed by atoms with Crippen molar-refractivity contribution < 1.29 is 0 Å². The van der Waals surface area contributed by atoms with E-state index in [0.717, 1.165) is 0 Å². The maximum Gasteiger partial charge on any atom is 0.203 e. The van der Waals surface area contributed by atoms with Gasteiger partial charge in [0, 0.05) is 0 Å². The third-order valence-electron chi connectivity index (χ3n) is 0.152. The van der Waals surface area contributed by atoms with Crippen molar-refractivity contribution in [3.63, 3.8) is 0 Å². The highest BCUT2D eigenvalue weighted by atomic mass is 35.6. The molecule has 0 aliphatic carbocycles. The topological polar surface area (TPSA) is 0 Å². The van der Waals surface area contributed by atoms with Crippen LogP contribution in [0.4, 0.5) is 0 Å². The van der Waals surface area contributed by atoms with Crippen molar-refractivity contribution >= 4 is 46.4 Å². The van der Waals surface area contributed by atoms with Gasteiger partial charge in [-0.05, 0) is 0 Å². The molecule has 0 radical (unpaired) electrons. The van der Waals surface area contributed by atoms with Crippen LogP contribution >= 0.6 is 46.4 Å². The number of rotatable bonds is 0.